The van der Waals surface area contributed by atoms with Crippen LogP contribution in [0.1, 0.15) is 34.8 Å². The van der Waals surface area contributed by atoms with E-state index in [-0.39, 0.29) is 17.9 Å². The number of amides is 1. The third-order valence-corrected chi connectivity index (χ3v) is 5.75. The van der Waals surface area contributed by atoms with Crippen molar-refractivity contribution in [3.05, 3.63) is 83.0 Å². The van der Waals surface area contributed by atoms with Gasteiger partial charge in [0.25, 0.3) is 5.91 Å². The van der Waals surface area contributed by atoms with Crippen LogP contribution in [0.4, 0.5) is 5.13 Å². The van der Waals surface area contributed by atoms with Gasteiger partial charge in [-0.25, -0.2) is 4.98 Å². The largest absolute Gasteiger partial charge is 0.503 e. The van der Waals surface area contributed by atoms with Crippen LogP contribution in [0.15, 0.2) is 70.3 Å². The Morgan fingerprint density at radius 3 is 2.76 bits per heavy atom. The highest BCUT2D eigenvalue weighted by atomic mass is 32.1. The number of carbonyl (C=O) groups is 2. The Hall–Kier alpha value is -3.85. The monoisotopic (exact) mass is 466 g/mol. The number of furan rings is 1. The fourth-order valence-electron chi connectivity index (χ4n) is 3.61. The summed E-state index contributed by atoms with van der Waals surface area (Å²) >= 11 is 1.22. The zero-order chi connectivity index (χ0) is 23.5. The summed E-state index contributed by atoms with van der Waals surface area (Å²) in [6.07, 6.45) is 3.17. The van der Waals surface area contributed by atoms with Gasteiger partial charge in [0.15, 0.2) is 28.1 Å². The van der Waals surface area contributed by atoms with Crippen molar-refractivity contribution in [2.45, 2.75) is 19.9 Å². The fourth-order valence-corrected chi connectivity index (χ4v) is 4.27. The molecule has 8 nitrogen and oxygen atoms in total. The molecule has 1 aromatic carbocycles. The molecule has 0 fully saturated rings. The van der Waals surface area contributed by atoms with E-state index >= 15 is 0 Å². The summed E-state index contributed by atoms with van der Waals surface area (Å²) in [4.78, 5) is 32.0. The van der Waals surface area contributed by atoms with E-state index in [1.165, 1.54) is 22.3 Å². The molecule has 0 radical (unpaired) electrons. The Labute approximate surface area is 194 Å². The molecule has 1 aliphatic heterocycles. The zero-order valence-corrected chi connectivity index (χ0v) is 18.9. The number of benzene rings is 1. The van der Waals surface area contributed by atoms with Gasteiger partial charge in [-0.05, 0) is 43.7 Å². The summed E-state index contributed by atoms with van der Waals surface area (Å²) in [7, 11) is 0. The molecule has 0 spiro atoms. The van der Waals surface area contributed by atoms with Gasteiger partial charge in [0, 0.05) is 11.6 Å². The standard InChI is InChI=1S/C24H22N2O6S/c1-4-11-31-16-9-7-15(13-18(16)30-5-2)20-19(21(27)17-8-6-14(3)32-17)22(28)23(29)26(20)24-25-10-12-33-24/h4,6-10,12-13,20,28H,1,5,11H2,2-3H3. The van der Waals surface area contributed by atoms with E-state index in [0.29, 0.717) is 34.6 Å². The van der Waals surface area contributed by atoms with E-state index in [1.54, 1.807) is 48.8 Å². The van der Waals surface area contributed by atoms with Crippen LogP contribution in [0, 0.1) is 6.92 Å². The van der Waals surface area contributed by atoms with Crippen molar-refractivity contribution in [3.63, 3.8) is 0 Å². The average molecular weight is 467 g/mol. The summed E-state index contributed by atoms with van der Waals surface area (Å²) in [5, 5.41) is 12.8. The van der Waals surface area contributed by atoms with Gasteiger partial charge in [-0.15, -0.1) is 11.3 Å². The highest BCUT2D eigenvalue weighted by molar-refractivity contribution is 7.13. The summed E-state index contributed by atoms with van der Waals surface area (Å²) in [6.45, 7) is 7.87. The molecule has 1 unspecified atom stereocenters. The molecule has 0 saturated carbocycles. The van der Waals surface area contributed by atoms with Crippen molar-refractivity contribution in [2.75, 3.05) is 18.1 Å². The Balaban J connectivity index is 1.85. The molecular weight excluding hydrogens is 444 g/mol. The number of aromatic nitrogens is 1. The number of hydrogen-bond donors (Lipinski definition) is 1. The van der Waals surface area contributed by atoms with Gasteiger partial charge in [-0.1, -0.05) is 18.7 Å². The van der Waals surface area contributed by atoms with E-state index in [2.05, 4.69) is 11.6 Å². The molecule has 4 rings (SSSR count). The van der Waals surface area contributed by atoms with Gasteiger partial charge in [-0.3, -0.25) is 14.5 Å². The normalized spacial score (nSPS) is 15.8. The minimum absolute atomic E-state index is 0.0313. The molecule has 1 atom stereocenters. The number of aryl methyl sites for hydroxylation is 1. The van der Waals surface area contributed by atoms with E-state index in [9.17, 15) is 14.7 Å². The van der Waals surface area contributed by atoms with Gasteiger partial charge in [0.2, 0.25) is 5.78 Å². The quantitative estimate of drug-likeness (QED) is 0.357. The molecule has 1 N–H and O–H groups in total. The first kappa shape index (κ1) is 22.3. The van der Waals surface area contributed by atoms with E-state index < -0.39 is 23.5 Å². The predicted octanol–water partition coefficient (Wildman–Crippen LogP) is 4.79. The number of aliphatic hydroxyl groups excluding tert-OH is 1. The fraction of sp³-hybridized carbons (Fsp3) is 0.208. The SMILES string of the molecule is C=CCOc1ccc(C2C(C(=O)c3ccc(C)o3)=C(O)C(=O)N2c2nccs2)cc1OCC. The molecule has 1 amide bonds. The van der Waals surface area contributed by atoms with Crippen LogP contribution >= 0.6 is 11.3 Å². The minimum Gasteiger partial charge on any atom is -0.503 e. The zero-order valence-electron chi connectivity index (χ0n) is 18.1. The van der Waals surface area contributed by atoms with Crippen molar-refractivity contribution in [2.24, 2.45) is 0 Å². The molecule has 3 aromatic rings. The Bertz CT molecular complexity index is 1230. The number of Topliss-reactive ketones (excluding diaryl/α,β-unsaturated/α-hetero) is 1. The number of carbonyl (C=O) groups excluding carboxylic acids is 2. The first-order valence-corrected chi connectivity index (χ1v) is 11.1. The van der Waals surface area contributed by atoms with Gasteiger partial charge in [-0.2, -0.15) is 0 Å². The van der Waals surface area contributed by atoms with Gasteiger partial charge < -0.3 is 19.0 Å². The average Bonchev–Trinajstić information content (AvgIpc) is 3.54. The minimum atomic E-state index is -0.936. The van der Waals surface area contributed by atoms with Crippen LogP contribution in [0.2, 0.25) is 0 Å². The van der Waals surface area contributed by atoms with Crippen molar-refractivity contribution < 1.29 is 28.6 Å². The lowest BCUT2D eigenvalue weighted by molar-refractivity contribution is -0.117. The van der Waals surface area contributed by atoms with Gasteiger partial charge >= 0.3 is 0 Å². The maximum atomic E-state index is 13.4. The Morgan fingerprint density at radius 1 is 1.30 bits per heavy atom. The second-order valence-corrected chi connectivity index (χ2v) is 8.01. The molecule has 1 aliphatic rings. The van der Waals surface area contributed by atoms with E-state index in [0.717, 1.165) is 0 Å². The van der Waals surface area contributed by atoms with Crippen LogP contribution in [0.3, 0.4) is 0 Å². The number of thiazole rings is 1. The number of anilines is 1. The molecule has 3 heterocycles. The third-order valence-electron chi connectivity index (χ3n) is 4.98. The Morgan fingerprint density at radius 2 is 2.12 bits per heavy atom. The van der Waals surface area contributed by atoms with Gasteiger partial charge in [0.1, 0.15) is 12.4 Å². The maximum Gasteiger partial charge on any atom is 0.296 e. The lowest BCUT2D eigenvalue weighted by atomic mass is 9.95. The van der Waals surface area contributed by atoms with Crippen molar-refractivity contribution in [1.29, 1.82) is 0 Å². The number of hydrogen-bond acceptors (Lipinski definition) is 8. The number of ketones is 1. The lowest BCUT2D eigenvalue weighted by Crippen LogP contribution is -2.31. The van der Waals surface area contributed by atoms with Crippen LogP contribution in [0.25, 0.3) is 0 Å². The molecule has 170 valence electrons. The van der Waals surface area contributed by atoms with Gasteiger partial charge in [0.05, 0.1) is 18.2 Å². The molecular formula is C24H22N2O6S. The predicted molar refractivity (Wildman–Crippen MR) is 123 cm³/mol. The topological polar surface area (TPSA) is 102 Å². The smallest absolute Gasteiger partial charge is 0.296 e. The number of ether oxygens (including phenoxy) is 2. The van der Waals surface area contributed by atoms with E-state index in [1.807, 2.05) is 6.92 Å². The highest BCUT2D eigenvalue weighted by Crippen LogP contribution is 2.44. The second-order valence-electron chi connectivity index (χ2n) is 7.13. The maximum absolute atomic E-state index is 13.4. The first-order valence-electron chi connectivity index (χ1n) is 10.2. The molecule has 2 aromatic heterocycles. The third kappa shape index (κ3) is 4.14. The van der Waals surface area contributed by atoms with Crippen LogP contribution in [-0.2, 0) is 4.79 Å². The molecule has 9 heteroatoms. The van der Waals surface area contributed by atoms with E-state index in [4.69, 9.17) is 13.9 Å². The van der Waals surface area contributed by atoms with Crippen molar-refractivity contribution in [1.82, 2.24) is 4.98 Å². The first-order chi connectivity index (χ1) is 16.0. The number of rotatable bonds is 9. The Kier molecular flexibility index (Phi) is 6.32. The summed E-state index contributed by atoms with van der Waals surface area (Å²) in [5.41, 5.74) is 0.454. The molecule has 0 aliphatic carbocycles. The van der Waals surface area contributed by atoms with Crippen molar-refractivity contribution in [3.8, 4) is 11.5 Å². The van der Waals surface area contributed by atoms with Crippen LogP contribution in [-0.4, -0.2) is 35.0 Å². The van der Waals surface area contributed by atoms with Crippen LogP contribution < -0.4 is 14.4 Å². The summed E-state index contributed by atoms with van der Waals surface area (Å²) in [6, 6.07) is 7.34. The lowest BCUT2D eigenvalue weighted by Gasteiger charge is -2.25. The number of aliphatic hydroxyl groups is 1. The van der Waals surface area contributed by atoms with Crippen molar-refractivity contribution >= 4 is 28.2 Å². The van der Waals surface area contributed by atoms with Crippen LogP contribution in [0.5, 0.6) is 11.5 Å². The number of nitrogens with zero attached hydrogens (tertiary/aromatic N) is 2. The molecule has 33 heavy (non-hydrogen) atoms. The summed E-state index contributed by atoms with van der Waals surface area (Å²) < 4.78 is 16.9. The second kappa shape index (κ2) is 9.33. The molecule has 0 saturated heterocycles. The summed E-state index contributed by atoms with van der Waals surface area (Å²) in [5.74, 6) is -0.431. The highest BCUT2D eigenvalue weighted by Gasteiger charge is 2.46. The molecule has 0 bridgehead atoms.